The Bertz CT molecular complexity index is 439. The quantitative estimate of drug-likeness (QED) is 0.370. The second kappa shape index (κ2) is 9.94. The third-order valence-corrected chi connectivity index (χ3v) is 3.03. The predicted octanol–water partition coefficient (Wildman–Crippen LogP) is 4.05. The van der Waals surface area contributed by atoms with Crippen molar-refractivity contribution in [3.8, 4) is 0 Å². The molecule has 0 radical (unpaired) electrons. The molecule has 0 bridgehead atoms. The summed E-state index contributed by atoms with van der Waals surface area (Å²) >= 11 is 0. The Labute approximate surface area is 127 Å². The van der Waals surface area contributed by atoms with Gasteiger partial charge in [0.15, 0.2) is 0 Å². The van der Waals surface area contributed by atoms with Crippen molar-refractivity contribution in [3.05, 3.63) is 61.2 Å². The van der Waals surface area contributed by atoms with Crippen LogP contribution in [0.4, 0.5) is 0 Å². The summed E-state index contributed by atoms with van der Waals surface area (Å²) in [7, 11) is 0. The number of benzene rings is 1. The van der Waals surface area contributed by atoms with Gasteiger partial charge < -0.3 is 9.47 Å². The molecule has 1 unspecified atom stereocenters. The minimum Gasteiger partial charge on any atom is -0.436 e. The van der Waals surface area contributed by atoms with Gasteiger partial charge in [0, 0.05) is 13.3 Å². The van der Waals surface area contributed by atoms with Gasteiger partial charge in [0.2, 0.25) is 6.29 Å². The van der Waals surface area contributed by atoms with Crippen molar-refractivity contribution in [3.63, 3.8) is 0 Å². The van der Waals surface area contributed by atoms with E-state index in [1.807, 2.05) is 24.3 Å². The average Bonchev–Trinajstić information content (AvgIpc) is 2.45. The third-order valence-electron chi connectivity index (χ3n) is 3.03. The van der Waals surface area contributed by atoms with Crippen LogP contribution in [0.25, 0.3) is 0 Å². The normalized spacial score (nSPS) is 13.2. The number of esters is 1. The second-order valence-electron chi connectivity index (χ2n) is 4.87. The highest BCUT2D eigenvalue weighted by Crippen LogP contribution is 2.15. The van der Waals surface area contributed by atoms with E-state index in [1.165, 1.54) is 12.5 Å². The lowest BCUT2D eigenvalue weighted by molar-refractivity contribution is -0.186. The number of hydrogen-bond donors (Lipinski definition) is 0. The van der Waals surface area contributed by atoms with E-state index in [-0.39, 0.29) is 12.1 Å². The molecule has 2 atom stereocenters. The zero-order chi connectivity index (χ0) is 15.5. The maximum Gasteiger partial charge on any atom is 0.304 e. The Morgan fingerprint density at radius 3 is 2.43 bits per heavy atom. The largest absolute Gasteiger partial charge is 0.436 e. The molecule has 114 valence electrons. The van der Waals surface area contributed by atoms with E-state index in [9.17, 15) is 4.79 Å². The molecule has 0 spiro atoms. The Hall–Kier alpha value is -1.87. The van der Waals surface area contributed by atoms with Crippen LogP contribution < -0.4 is 0 Å². The van der Waals surface area contributed by atoms with Crippen LogP contribution in [0.5, 0.6) is 0 Å². The molecule has 21 heavy (non-hydrogen) atoms. The van der Waals surface area contributed by atoms with Gasteiger partial charge in [0.05, 0.1) is 6.10 Å². The number of rotatable bonds is 10. The molecule has 0 aliphatic rings. The topological polar surface area (TPSA) is 35.5 Å². The van der Waals surface area contributed by atoms with Gasteiger partial charge in [-0.25, -0.2) is 0 Å². The molecule has 0 aliphatic carbocycles. The first-order chi connectivity index (χ1) is 10.2. The zero-order valence-corrected chi connectivity index (χ0v) is 12.7. The van der Waals surface area contributed by atoms with Crippen molar-refractivity contribution in [1.82, 2.24) is 0 Å². The molecule has 1 rings (SSSR count). The molecule has 0 N–H and O–H groups in total. The van der Waals surface area contributed by atoms with Crippen LogP contribution in [0.1, 0.15) is 31.7 Å². The van der Waals surface area contributed by atoms with Gasteiger partial charge in [-0.3, -0.25) is 4.79 Å². The Kier molecular flexibility index (Phi) is 8.14. The van der Waals surface area contributed by atoms with Gasteiger partial charge in [-0.15, -0.1) is 13.2 Å². The molecule has 0 fully saturated rings. The van der Waals surface area contributed by atoms with Crippen LogP contribution in [0.2, 0.25) is 0 Å². The van der Waals surface area contributed by atoms with Gasteiger partial charge in [-0.05, 0) is 24.8 Å². The van der Waals surface area contributed by atoms with Crippen molar-refractivity contribution < 1.29 is 14.3 Å². The van der Waals surface area contributed by atoms with Gasteiger partial charge >= 0.3 is 5.97 Å². The molecule has 0 saturated carbocycles. The molecule has 0 amide bonds. The molecule has 3 heteroatoms. The predicted molar refractivity (Wildman–Crippen MR) is 84.8 cm³/mol. The first kappa shape index (κ1) is 17.2. The average molecular weight is 288 g/mol. The maximum absolute atomic E-state index is 11.1. The highest BCUT2D eigenvalue weighted by Gasteiger charge is 2.17. The van der Waals surface area contributed by atoms with E-state index in [2.05, 4.69) is 25.3 Å². The Morgan fingerprint density at radius 1 is 1.19 bits per heavy atom. The summed E-state index contributed by atoms with van der Waals surface area (Å²) < 4.78 is 11.0. The number of carbonyl (C=O) groups is 1. The van der Waals surface area contributed by atoms with Crippen molar-refractivity contribution in [2.75, 3.05) is 0 Å². The Morgan fingerprint density at radius 2 is 1.86 bits per heavy atom. The van der Waals surface area contributed by atoms with Crippen molar-refractivity contribution in [1.29, 1.82) is 0 Å². The summed E-state index contributed by atoms with van der Waals surface area (Å²) in [5, 5.41) is 0. The SMILES string of the molecule is C=CCC(OC(C)=O)O[C@H](CC=C)CCc1ccccc1. The molecule has 0 aromatic heterocycles. The summed E-state index contributed by atoms with van der Waals surface area (Å²) in [6.45, 7) is 8.81. The summed E-state index contributed by atoms with van der Waals surface area (Å²) in [4.78, 5) is 11.1. The molecule has 0 aliphatic heterocycles. The first-order valence-electron chi connectivity index (χ1n) is 7.24. The monoisotopic (exact) mass is 288 g/mol. The number of carbonyl (C=O) groups excluding carboxylic acids is 1. The molecule has 3 nitrogen and oxygen atoms in total. The van der Waals surface area contributed by atoms with Crippen LogP contribution >= 0.6 is 0 Å². The number of ether oxygens (including phenoxy) is 2. The molecule has 1 aromatic rings. The minimum atomic E-state index is -0.569. The van der Waals surface area contributed by atoms with E-state index in [1.54, 1.807) is 6.08 Å². The van der Waals surface area contributed by atoms with Crippen molar-refractivity contribution >= 4 is 5.97 Å². The van der Waals surface area contributed by atoms with Crippen LogP contribution in [-0.4, -0.2) is 18.4 Å². The van der Waals surface area contributed by atoms with Gasteiger partial charge in [0.25, 0.3) is 0 Å². The van der Waals surface area contributed by atoms with Crippen LogP contribution in [-0.2, 0) is 20.7 Å². The van der Waals surface area contributed by atoms with Crippen molar-refractivity contribution in [2.45, 2.75) is 45.0 Å². The smallest absolute Gasteiger partial charge is 0.304 e. The standard InChI is InChI=1S/C18H24O3/c1-4-9-17(14-13-16-11-7-6-8-12-16)21-18(10-5-2)20-15(3)19/h4-8,11-12,17-18H,1-2,9-10,13-14H2,3H3/t17-,18?/m1/s1. The minimum absolute atomic E-state index is 0.0213. The lowest BCUT2D eigenvalue weighted by Crippen LogP contribution is -2.26. The van der Waals surface area contributed by atoms with Gasteiger partial charge in [-0.2, -0.15) is 0 Å². The van der Waals surface area contributed by atoms with Gasteiger partial charge in [-0.1, -0.05) is 42.5 Å². The lowest BCUT2D eigenvalue weighted by Gasteiger charge is -2.23. The fraction of sp³-hybridized carbons (Fsp3) is 0.389. The van der Waals surface area contributed by atoms with E-state index in [4.69, 9.17) is 9.47 Å². The highest BCUT2D eigenvalue weighted by molar-refractivity contribution is 5.66. The lowest BCUT2D eigenvalue weighted by atomic mass is 10.0. The fourth-order valence-corrected chi connectivity index (χ4v) is 2.07. The van der Waals surface area contributed by atoms with Crippen LogP contribution in [0, 0.1) is 0 Å². The summed E-state index contributed by atoms with van der Waals surface area (Å²) in [5.41, 5.74) is 1.27. The van der Waals surface area contributed by atoms with E-state index < -0.39 is 6.29 Å². The summed E-state index contributed by atoms with van der Waals surface area (Å²) in [6.07, 6.45) is 5.91. The third kappa shape index (κ3) is 7.47. The maximum atomic E-state index is 11.1. The van der Waals surface area contributed by atoms with E-state index in [0.29, 0.717) is 6.42 Å². The number of hydrogen-bond acceptors (Lipinski definition) is 3. The Balaban J connectivity index is 2.55. The van der Waals surface area contributed by atoms with E-state index in [0.717, 1.165) is 19.3 Å². The molecular weight excluding hydrogens is 264 g/mol. The zero-order valence-electron chi connectivity index (χ0n) is 12.7. The second-order valence-corrected chi connectivity index (χ2v) is 4.87. The molecule has 1 aromatic carbocycles. The summed E-state index contributed by atoms with van der Waals surface area (Å²) in [6, 6.07) is 10.2. The van der Waals surface area contributed by atoms with Crippen molar-refractivity contribution in [2.24, 2.45) is 0 Å². The molecular formula is C18H24O3. The van der Waals surface area contributed by atoms with E-state index >= 15 is 0 Å². The fourth-order valence-electron chi connectivity index (χ4n) is 2.07. The summed E-state index contributed by atoms with van der Waals surface area (Å²) in [5.74, 6) is -0.345. The number of aryl methyl sites for hydroxylation is 1. The molecule has 0 saturated heterocycles. The van der Waals surface area contributed by atoms with Crippen LogP contribution in [0.3, 0.4) is 0 Å². The molecule has 0 heterocycles. The first-order valence-corrected chi connectivity index (χ1v) is 7.24. The van der Waals surface area contributed by atoms with Crippen LogP contribution in [0.15, 0.2) is 55.6 Å². The highest BCUT2D eigenvalue weighted by atomic mass is 16.7. The van der Waals surface area contributed by atoms with Gasteiger partial charge in [0.1, 0.15) is 0 Å².